The van der Waals surface area contributed by atoms with E-state index < -0.39 is 6.03 Å². The summed E-state index contributed by atoms with van der Waals surface area (Å²) < 4.78 is 0. The molecule has 7 heteroatoms. The largest absolute Gasteiger partial charge is 0.353 e. The second-order valence-electron chi connectivity index (χ2n) is 6.83. The van der Waals surface area contributed by atoms with Gasteiger partial charge in [-0.1, -0.05) is 19.3 Å². The van der Waals surface area contributed by atoms with Crippen LogP contribution in [0.3, 0.4) is 0 Å². The molecule has 2 rings (SSSR count). The lowest BCUT2D eigenvalue weighted by atomic mass is 9.93. The van der Waals surface area contributed by atoms with E-state index in [4.69, 9.17) is 0 Å². The van der Waals surface area contributed by atoms with Crippen LogP contribution in [0.4, 0.5) is 4.79 Å². The number of carbonyl (C=O) groups is 3. The highest BCUT2D eigenvalue weighted by Crippen LogP contribution is 2.20. The van der Waals surface area contributed by atoms with E-state index in [1.165, 1.54) is 19.3 Å². The van der Waals surface area contributed by atoms with Crippen LogP contribution in [0.15, 0.2) is 0 Å². The topological polar surface area (TPSA) is 90.5 Å². The molecule has 1 aliphatic heterocycles. The molecule has 1 saturated carbocycles. The van der Waals surface area contributed by atoms with Crippen molar-refractivity contribution in [1.29, 1.82) is 0 Å². The molecule has 0 aromatic rings. The van der Waals surface area contributed by atoms with Crippen molar-refractivity contribution in [3.05, 3.63) is 0 Å². The summed E-state index contributed by atoms with van der Waals surface area (Å²) in [5.74, 6) is -0.261. The lowest BCUT2D eigenvalue weighted by molar-refractivity contribution is -0.129. The van der Waals surface area contributed by atoms with Crippen molar-refractivity contribution in [2.45, 2.75) is 57.9 Å². The summed E-state index contributed by atoms with van der Waals surface area (Å²) in [5.41, 5.74) is 0. The first-order chi connectivity index (χ1) is 11.6. The molecule has 1 aliphatic carbocycles. The number of amides is 4. The molecule has 24 heavy (non-hydrogen) atoms. The molecule has 1 saturated heterocycles. The van der Waals surface area contributed by atoms with Crippen LogP contribution < -0.4 is 16.0 Å². The average Bonchev–Trinajstić information content (AvgIpc) is 2.56. The number of nitrogens with zero attached hydrogens (tertiary/aromatic N) is 1. The summed E-state index contributed by atoms with van der Waals surface area (Å²) in [5, 5.41) is 8.02. The van der Waals surface area contributed by atoms with Crippen molar-refractivity contribution in [1.82, 2.24) is 20.9 Å². The SMILES string of the molecule is CCNC(=O)NC(=O)CN1CCCC(C(=O)NC2CCCCC2)C1. The van der Waals surface area contributed by atoms with E-state index in [0.717, 1.165) is 32.2 Å². The Morgan fingerprint density at radius 1 is 1.04 bits per heavy atom. The van der Waals surface area contributed by atoms with Crippen LogP contribution in [0.1, 0.15) is 51.9 Å². The number of hydrogen-bond donors (Lipinski definition) is 3. The predicted octanol–water partition coefficient (Wildman–Crippen LogP) is 0.993. The van der Waals surface area contributed by atoms with Crippen LogP contribution in [-0.4, -0.2) is 55.0 Å². The fourth-order valence-electron chi connectivity index (χ4n) is 3.55. The first kappa shape index (κ1) is 18.7. The molecule has 0 aromatic heterocycles. The number of rotatable bonds is 5. The van der Waals surface area contributed by atoms with Gasteiger partial charge in [-0.25, -0.2) is 4.79 Å². The number of likely N-dealkylation sites (tertiary alicyclic amines) is 1. The second kappa shape index (κ2) is 9.61. The van der Waals surface area contributed by atoms with Gasteiger partial charge in [0.05, 0.1) is 12.5 Å². The second-order valence-corrected chi connectivity index (χ2v) is 6.83. The molecular formula is C17H30N4O3. The standard InChI is InChI=1S/C17H30N4O3/c1-2-18-17(24)20-15(22)12-21-10-6-7-13(11-21)16(23)19-14-8-4-3-5-9-14/h13-14H,2-12H2,1H3,(H,19,23)(H2,18,20,22,24). The lowest BCUT2D eigenvalue weighted by Gasteiger charge is -2.33. The van der Waals surface area contributed by atoms with Gasteiger partial charge in [0.2, 0.25) is 11.8 Å². The van der Waals surface area contributed by atoms with Crippen LogP contribution in [0.5, 0.6) is 0 Å². The van der Waals surface area contributed by atoms with Crippen molar-refractivity contribution >= 4 is 17.8 Å². The smallest absolute Gasteiger partial charge is 0.321 e. The van der Waals surface area contributed by atoms with Gasteiger partial charge in [0, 0.05) is 19.1 Å². The molecule has 2 aliphatic rings. The van der Waals surface area contributed by atoms with E-state index in [1.807, 2.05) is 4.90 Å². The Labute approximate surface area is 143 Å². The molecule has 0 aromatic carbocycles. The Hall–Kier alpha value is -1.63. The molecule has 0 radical (unpaired) electrons. The van der Waals surface area contributed by atoms with Crippen LogP contribution in [-0.2, 0) is 9.59 Å². The third kappa shape index (κ3) is 6.11. The Kier molecular flexibility index (Phi) is 7.49. The molecule has 0 bridgehead atoms. The monoisotopic (exact) mass is 338 g/mol. The summed E-state index contributed by atoms with van der Waals surface area (Å²) >= 11 is 0. The van der Waals surface area contributed by atoms with E-state index in [-0.39, 0.29) is 24.3 Å². The highest BCUT2D eigenvalue weighted by Gasteiger charge is 2.28. The van der Waals surface area contributed by atoms with Crippen LogP contribution in [0, 0.1) is 5.92 Å². The number of imide groups is 1. The van der Waals surface area contributed by atoms with E-state index in [2.05, 4.69) is 16.0 Å². The van der Waals surface area contributed by atoms with Crippen molar-refractivity contribution < 1.29 is 14.4 Å². The Balaban J connectivity index is 1.75. The van der Waals surface area contributed by atoms with Gasteiger partial charge in [-0.15, -0.1) is 0 Å². The van der Waals surface area contributed by atoms with E-state index in [9.17, 15) is 14.4 Å². The Morgan fingerprint density at radius 3 is 2.50 bits per heavy atom. The minimum Gasteiger partial charge on any atom is -0.353 e. The van der Waals surface area contributed by atoms with Crippen molar-refractivity contribution in [3.8, 4) is 0 Å². The predicted molar refractivity (Wildman–Crippen MR) is 91.4 cm³/mol. The summed E-state index contributed by atoms with van der Waals surface area (Å²) in [6.07, 6.45) is 7.59. The van der Waals surface area contributed by atoms with Crippen molar-refractivity contribution in [2.24, 2.45) is 5.92 Å². The highest BCUT2D eigenvalue weighted by molar-refractivity contribution is 5.95. The van der Waals surface area contributed by atoms with Gasteiger partial charge in [-0.2, -0.15) is 0 Å². The third-order valence-corrected chi connectivity index (χ3v) is 4.79. The molecule has 3 N–H and O–H groups in total. The summed E-state index contributed by atoms with van der Waals surface area (Å²) in [7, 11) is 0. The van der Waals surface area contributed by atoms with E-state index in [0.29, 0.717) is 19.1 Å². The first-order valence-electron chi connectivity index (χ1n) is 9.19. The molecule has 1 unspecified atom stereocenters. The van der Waals surface area contributed by atoms with Crippen LogP contribution in [0.25, 0.3) is 0 Å². The van der Waals surface area contributed by atoms with Gasteiger partial charge in [0.15, 0.2) is 0 Å². The van der Waals surface area contributed by atoms with Crippen LogP contribution >= 0.6 is 0 Å². The van der Waals surface area contributed by atoms with E-state index in [1.54, 1.807) is 6.92 Å². The molecule has 2 fully saturated rings. The number of hydrogen-bond acceptors (Lipinski definition) is 4. The lowest BCUT2D eigenvalue weighted by Crippen LogP contribution is -2.50. The molecule has 0 spiro atoms. The zero-order chi connectivity index (χ0) is 17.4. The number of carbonyl (C=O) groups excluding carboxylic acids is 3. The zero-order valence-electron chi connectivity index (χ0n) is 14.6. The van der Waals surface area contributed by atoms with Gasteiger partial charge in [0.25, 0.3) is 0 Å². The molecular weight excluding hydrogens is 308 g/mol. The van der Waals surface area contributed by atoms with E-state index >= 15 is 0 Å². The van der Waals surface area contributed by atoms with Gasteiger partial charge < -0.3 is 10.6 Å². The minimum atomic E-state index is -0.467. The fraction of sp³-hybridized carbons (Fsp3) is 0.824. The maximum absolute atomic E-state index is 12.5. The maximum Gasteiger partial charge on any atom is 0.321 e. The number of piperidine rings is 1. The zero-order valence-corrected chi connectivity index (χ0v) is 14.6. The van der Waals surface area contributed by atoms with Crippen LogP contribution in [0.2, 0.25) is 0 Å². The summed E-state index contributed by atoms with van der Waals surface area (Å²) in [6, 6.07) is -0.145. The summed E-state index contributed by atoms with van der Waals surface area (Å²) in [4.78, 5) is 37.7. The molecule has 1 atom stereocenters. The minimum absolute atomic E-state index is 0.0575. The Bertz CT molecular complexity index is 449. The van der Waals surface area contributed by atoms with Gasteiger partial charge in [-0.05, 0) is 39.2 Å². The Morgan fingerprint density at radius 2 is 1.79 bits per heavy atom. The van der Waals surface area contributed by atoms with Crippen molar-refractivity contribution in [2.75, 3.05) is 26.2 Å². The normalized spacial score (nSPS) is 22.6. The fourth-order valence-corrected chi connectivity index (χ4v) is 3.55. The van der Waals surface area contributed by atoms with Gasteiger partial charge in [0.1, 0.15) is 0 Å². The molecule has 7 nitrogen and oxygen atoms in total. The highest BCUT2D eigenvalue weighted by atomic mass is 16.2. The molecule has 136 valence electrons. The number of urea groups is 1. The third-order valence-electron chi connectivity index (χ3n) is 4.79. The summed E-state index contributed by atoms with van der Waals surface area (Å²) in [6.45, 7) is 3.80. The van der Waals surface area contributed by atoms with Crippen molar-refractivity contribution in [3.63, 3.8) is 0 Å². The molecule has 4 amide bonds. The molecule has 1 heterocycles. The number of nitrogens with one attached hydrogen (secondary N) is 3. The maximum atomic E-state index is 12.5. The van der Waals surface area contributed by atoms with Gasteiger partial charge in [-0.3, -0.25) is 19.8 Å². The van der Waals surface area contributed by atoms with Gasteiger partial charge >= 0.3 is 6.03 Å². The quantitative estimate of drug-likeness (QED) is 0.697. The first-order valence-corrected chi connectivity index (χ1v) is 9.19. The average molecular weight is 338 g/mol.